The third-order valence-corrected chi connectivity index (χ3v) is 3.71. The highest BCUT2D eigenvalue weighted by Crippen LogP contribution is 2.09. The van der Waals surface area contributed by atoms with E-state index in [1.807, 2.05) is 0 Å². The number of piperidine rings is 1. The van der Waals surface area contributed by atoms with Gasteiger partial charge >= 0.3 is 0 Å². The van der Waals surface area contributed by atoms with Crippen LogP contribution in [-0.4, -0.2) is 42.9 Å². The van der Waals surface area contributed by atoms with Gasteiger partial charge in [-0.05, 0) is 43.5 Å². The lowest BCUT2D eigenvalue weighted by molar-refractivity contribution is 0.0955. The highest BCUT2D eigenvalue weighted by molar-refractivity contribution is 14.0. The average Bonchev–Trinajstić information content (AvgIpc) is 2.52. The third kappa shape index (κ3) is 6.00. The lowest BCUT2D eigenvalue weighted by Crippen LogP contribution is -2.41. The molecule has 0 bridgehead atoms. The molecule has 0 saturated carbocycles. The summed E-state index contributed by atoms with van der Waals surface area (Å²) in [5, 5.41) is 3.43. The highest BCUT2D eigenvalue weighted by Gasteiger charge is 2.11. The second-order valence-corrected chi connectivity index (χ2v) is 5.49. The maximum absolute atomic E-state index is 11.9. The van der Waals surface area contributed by atoms with E-state index in [4.69, 9.17) is 17.3 Å². The van der Waals surface area contributed by atoms with Gasteiger partial charge in [0.2, 0.25) is 0 Å². The molecule has 2 rings (SSSR count). The van der Waals surface area contributed by atoms with Gasteiger partial charge in [-0.15, -0.1) is 24.0 Å². The number of halogens is 2. The molecule has 0 radical (unpaired) electrons. The number of benzene rings is 1. The van der Waals surface area contributed by atoms with Crippen LogP contribution in [0.2, 0.25) is 5.02 Å². The van der Waals surface area contributed by atoms with Gasteiger partial charge in [0, 0.05) is 30.2 Å². The summed E-state index contributed by atoms with van der Waals surface area (Å²) in [6.07, 6.45) is 3.61. The Morgan fingerprint density at radius 3 is 2.50 bits per heavy atom. The van der Waals surface area contributed by atoms with E-state index in [9.17, 15) is 4.79 Å². The van der Waals surface area contributed by atoms with Gasteiger partial charge in [-0.2, -0.15) is 0 Å². The Labute approximate surface area is 153 Å². The van der Waals surface area contributed by atoms with Gasteiger partial charge < -0.3 is 16.0 Å². The van der Waals surface area contributed by atoms with Crippen molar-refractivity contribution in [1.29, 1.82) is 0 Å². The molecular weight excluding hydrogens is 415 g/mol. The number of nitrogens with zero attached hydrogens (tertiary/aromatic N) is 2. The molecule has 7 heteroatoms. The molecular formula is C15H22ClIN4O. The Morgan fingerprint density at radius 2 is 1.86 bits per heavy atom. The molecule has 5 nitrogen and oxygen atoms in total. The Kier molecular flexibility index (Phi) is 8.55. The number of carbonyl (C=O) groups excluding carboxylic acids is 1. The van der Waals surface area contributed by atoms with E-state index in [-0.39, 0.29) is 29.9 Å². The lowest BCUT2D eigenvalue weighted by Gasteiger charge is -2.27. The van der Waals surface area contributed by atoms with E-state index in [0.29, 0.717) is 29.6 Å². The summed E-state index contributed by atoms with van der Waals surface area (Å²) >= 11 is 5.78. The van der Waals surface area contributed by atoms with Crippen LogP contribution in [0.15, 0.2) is 29.3 Å². The van der Waals surface area contributed by atoms with Crippen molar-refractivity contribution in [2.45, 2.75) is 19.3 Å². The molecule has 22 heavy (non-hydrogen) atoms. The SMILES string of the molecule is I.NC(=NCCNC(=O)c1ccc(Cl)cc1)N1CCCCC1. The summed E-state index contributed by atoms with van der Waals surface area (Å²) in [5.74, 6) is 0.453. The number of rotatable bonds is 4. The van der Waals surface area contributed by atoms with E-state index in [1.165, 1.54) is 19.3 Å². The fourth-order valence-electron chi connectivity index (χ4n) is 2.27. The van der Waals surface area contributed by atoms with Gasteiger partial charge in [0.1, 0.15) is 0 Å². The van der Waals surface area contributed by atoms with Crippen LogP contribution in [0.1, 0.15) is 29.6 Å². The van der Waals surface area contributed by atoms with Crippen LogP contribution >= 0.6 is 35.6 Å². The predicted octanol–water partition coefficient (Wildman–Crippen LogP) is 2.49. The molecule has 1 aliphatic heterocycles. The normalized spacial score (nSPS) is 15.1. The maximum atomic E-state index is 11.9. The molecule has 0 aromatic heterocycles. The summed E-state index contributed by atoms with van der Waals surface area (Å²) < 4.78 is 0. The Balaban J connectivity index is 0.00000242. The van der Waals surface area contributed by atoms with E-state index in [2.05, 4.69) is 15.2 Å². The zero-order valence-corrected chi connectivity index (χ0v) is 15.5. The fourth-order valence-corrected chi connectivity index (χ4v) is 2.39. The molecule has 3 N–H and O–H groups in total. The van der Waals surface area contributed by atoms with Crippen LogP contribution in [0.5, 0.6) is 0 Å². The number of aliphatic imine (C=N–C) groups is 1. The molecule has 0 spiro atoms. The van der Waals surface area contributed by atoms with Crippen molar-refractivity contribution in [2.24, 2.45) is 10.7 Å². The number of hydrogen-bond acceptors (Lipinski definition) is 2. The highest BCUT2D eigenvalue weighted by atomic mass is 127. The smallest absolute Gasteiger partial charge is 0.251 e. The predicted molar refractivity (Wildman–Crippen MR) is 101 cm³/mol. The largest absolute Gasteiger partial charge is 0.370 e. The zero-order valence-electron chi connectivity index (χ0n) is 12.4. The monoisotopic (exact) mass is 436 g/mol. The molecule has 122 valence electrons. The second-order valence-electron chi connectivity index (χ2n) is 5.05. The van der Waals surface area contributed by atoms with Crippen LogP contribution in [0.3, 0.4) is 0 Å². The lowest BCUT2D eigenvalue weighted by atomic mass is 10.1. The quantitative estimate of drug-likeness (QED) is 0.330. The Morgan fingerprint density at radius 1 is 1.23 bits per heavy atom. The molecule has 1 amide bonds. The number of nitrogens with two attached hydrogens (primary N) is 1. The second kappa shape index (κ2) is 9.89. The summed E-state index contributed by atoms with van der Waals surface area (Å²) in [7, 11) is 0. The molecule has 1 saturated heterocycles. The molecule has 1 aromatic rings. The maximum Gasteiger partial charge on any atom is 0.251 e. The number of carbonyl (C=O) groups is 1. The number of amides is 1. The van der Waals surface area contributed by atoms with E-state index in [0.717, 1.165) is 13.1 Å². The van der Waals surface area contributed by atoms with Gasteiger partial charge in [-0.25, -0.2) is 0 Å². The molecule has 0 atom stereocenters. The minimum atomic E-state index is -0.126. The topological polar surface area (TPSA) is 70.7 Å². The van der Waals surface area contributed by atoms with E-state index >= 15 is 0 Å². The minimum Gasteiger partial charge on any atom is -0.370 e. The standard InChI is InChI=1S/C15H21ClN4O.HI/c16-13-6-4-12(5-7-13)14(21)18-8-9-19-15(17)20-10-2-1-3-11-20;/h4-7H,1-3,8-11H2,(H2,17,19)(H,18,21);1H. The van der Waals surface area contributed by atoms with Crippen molar-refractivity contribution in [1.82, 2.24) is 10.2 Å². The first-order chi connectivity index (χ1) is 10.2. The van der Waals surface area contributed by atoms with Gasteiger partial charge in [0.15, 0.2) is 5.96 Å². The molecule has 0 unspecified atom stereocenters. The van der Waals surface area contributed by atoms with Crippen molar-refractivity contribution >= 4 is 47.4 Å². The summed E-state index contributed by atoms with van der Waals surface area (Å²) in [4.78, 5) is 18.3. The van der Waals surface area contributed by atoms with Crippen molar-refractivity contribution < 1.29 is 4.79 Å². The van der Waals surface area contributed by atoms with Gasteiger partial charge in [0.05, 0.1) is 6.54 Å². The van der Waals surface area contributed by atoms with Crippen LogP contribution in [-0.2, 0) is 0 Å². The van der Waals surface area contributed by atoms with Crippen LogP contribution in [0.4, 0.5) is 0 Å². The first-order valence-corrected chi connectivity index (χ1v) is 7.63. The van der Waals surface area contributed by atoms with E-state index in [1.54, 1.807) is 24.3 Å². The van der Waals surface area contributed by atoms with Crippen LogP contribution < -0.4 is 11.1 Å². The van der Waals surface area contributed by atoms with Crippen molar-refractivity contribution in [3.8, 4) is 0 Å². The Bertz CT molecular complexity index is 501. The number of guanidine groups is 1. The molecule has 1 fully saturated rings. The number of likely N-dealkylation sites (tertiary alicyclic amines) is 1. The molecule has 1 aromatic carbocycles. The van der Waals surface area contributed by atoms with Crippen molar-refractivity contribution in [3.05, 3.63) is 34.9 Å². The minimum absolute atomic E-state index is 0. The van der Waals surface area contributed by atoms with Crippen LogP contribution in [0.25, 0.3) is 0 Å². The summed E-state index contributed by atoms with van der Waals surface area (Å²) in [6, 6.07) is 6.79. The van der Waals surface area contributed by atoms with E-state index < -0.39 is 0 Å². The summed E-state index contributed by atoms with van der Waals surface area (Å²) in [5.41, 5.74) is 6.53. The Hall–Kier alpha value is -1.02. The number of nitrogens with one attached hydrogen (secondary N) is 1. The first-order valence-electron chi connectivity index (χ1n) is 7.25. The molecule has 0 aliphatic carbocycles. The van der Waals surface area contributed by atoms with Gasteiger partial charge in [-0.1, -0.05) is 11.6 Å². The van der Waals surface area contributed by atoms with Crippen LogP contribution in [0, 0.1) is 0 Å². The average molecular weight is 437 g/mol. The summed E-state index contributed by atoms with van der Waals surface area (Å²) in [6.45, 7) is 2.91. The third-order valence-electron chi connectivity index (χ3n) is 3.46. The van der Waals surface area contributed by atoms with Crippen molar-refractivity contribution in [3.63, 3.8) is 0 Å². The van der Waals surface area contributed by atoms with Gasteiger partial charge in [0.25, 0.3) is 5.91 Å². The zero-order chi connectivity index (χ0) is 15.1. The molecule has 1 heterocycles. The first kappa shape index (κ1) is 19.0. The fraction of sp³-hybridized carbons (Fsp3) is 0.467. The van der Waals surface area contributed by atoms with Gasteiger partial charge in [-0.3, -0.25) is 9.79 Å². The van der Waals surface area contributed by atoms with Crippen molar-refractivity contribution in [2.75, 3.05) is 26.2 Å². The molecule has 1 aliphatic rings. The number of hydrogen-bond donors (Lipinski definition) is 2.